The molecule has 4 aromatic rings. The van der Waals surface area contributed by atoms with Crippen molar-refractivity contribution in [1.29, 1.82) is 0 Å². The summed E-state index contributed by atoms with van der Waals surface area (Å²) in [5, 5.41) is 8.23. The Morgan fingerprint density at radius 1 is 1.19 bits per heavy atom. The van der Waals surface area contributed by atoms with E-state index in [0.29, 0.717) is 43.8 Å². The molecule has 1 unspecified atom stereocenters. The first kappa shape index (κ1) is 40.5. The monoisotopic (exact) mass is 797 g/mol. The maximum atomic E-state index is 14.4. The third-order valence-electron chi connectivity index (χ3n) is 11.9. The number of aromatic nitrogens is 3. The van der Waals surface area contributed by atoms with Gasteiger partial charge in [0.25, 0.3) is 5.91 Å². The number of hydrogen-bond acceptors (Lipinski definition) is 10. The Morgan fingerprint density at radius 3 is 2.72 bits per heavy atom. The number of nitrogens with one attached hydrogen (secondary N) is 2. The number of likely N-dealkylation sites (N-methyl/N-ethyl adjacent to an activating group) is 1. The van der Waals surface area contributed by atoms with Crippen LogP contribution in [0.1, 0.15) is 88.6 Å². The Balaban J connectivity index is 1.33. The van der Waals surface area contributed by atoms with Crippen LogP contribution in [-0.4, -0.2) is 94.1 Å². The van der Waals surface area contributed by atoms with Crippen LogP contribution in [0.3, 0.4) is 0 Å². The number of rotatable bonds is 9. The van der Waals surface area contributed by atoms with E-state index in [-0.39, 0.29) is 36.9 Å². The zero-order valence-electron chi connectivity index (χ0n) is 33.9. The van der Waals surface area contributed by atoms with E-state index in [4.69, 9.17) is 19.4 Å². The van der Waals surface area contributed by atoms with Crippen LogP contribution in [0, 0.1) is 11.3 Å². The maximum Gasteiger partial charge on any atom is 0.324 e. The number of amides is 3. The van der Waals surface area contributed by atoms with E-state index in [9.17, 15) is 19.2 Å². The molecule has 13 nitrogen and oxygen atoms in total. The number of pyridine rings is 1. The highest BCUT2D eigenvalue weighted by Crippen LogP contribution is 2.42. The lowest BCUT2D eigenvalue weighted by atomic mass is 9.84. The molecule has 2 N–H and O–H groups in total. The average molecular weight is 798 g/mol. The minimum Gasteiger partial charge on any atom is -0.464 e. The molecule has 3 aliphatic rings. The molecule has 1 aliphatic carbocycles. The predicted molar refractivity (Wildman–Crippen MR) is 219 cm³/mol. The standard InChI is InChI=1S/C43H55N7O6S/c1-7-49-35-17-16-28-20-30(35)31(39(49)29-14-10-18-44-37(29)26(2)55-6)22-43(3,4)24-56-42(54)32-15-11-19-50(47-32)41(53)33(21-36-45-34(28)23-57-36)46-40(52)38(48(5)25-51)27-12-8-9-13-27/h10,14,16-18,20,23,25-27,32-33,38,47H,7-9,11-13,15,19,21-22,24H2,1-6H3,(H,46,52)/t26-,32-,33-,38?/m0/s1. The smallest absolute Gasteiger partial charge is 0.324 e. The van der Waals surface area contributed by atoms with E-state index in [0.717, 1.165) is 70.4 Å². The summed E-state index contributed by atoms with van der Waals surface area (Å²) in [6, 6.07) is 8.05. The Morgan fingerprint density at radius 2 is 1.98 bits per heavy atom. The molecule has 7 rings (SSSR count). The number of esters is 1. The molecule has 304 valence electrons. The molecule has 4 atom stereocenters. The van der Waals surface area contributed by atoms with Gasteiger partial charge in [0.1, 0.15) is 18.1 Å². The molecule has 1 saturated heterocycles. The quantitative estimate of drug-likeness (QED) is 0.157. The van der Waals surface area contributed by atoms with E-state index in [2.05, 4.69) is 60.3 Å². The number of nitrogens with zero attached hydrogens (tertiary/aromatic N) is 5. The van der Waals surface area contributed by atoms with Crippen LogP contribution in [-0.2, 0) is 48.0 Å². The van der Waals surface area contributed by atoms with Crippen molar-refractivity contribution in [2.75, 3.05) is 27.3 Å². The summed E-state index contributed by atoms with van der Waals surface area (Å²) < 4.78 is 14.2. The van der Waals surface area contributed by atoms with Gasteiger partial charge in [0.15, 0.2) is 0 Å². The van der Waals surface area contributed by atoms with Crippen LogP contribution >= 0.6 is 11.3 Å². The van der Waals surface area contributed by atoms with E-state index in [1.165, 1.54) is 21.2 Å². The van der Waals surface area contributed by atoms with E-state index >= 15 is 0 Å². The average Bonchev–Trinajstić information content (AvgIpc) is 3.99. The van der Waals surface area contributed by atoms with Gasteiger partial charge in [-0.05, 0) is 81.7 Å². The Kier molecular flexibility index (Phi) is 12.1. The molecule has 14 heteroatoms. The molecule has 3 amide bonds. The van der Waals surface area contributed by atoms with Crippen molar-refractivity contribution in [2.45, 2.75) is 110 Å². The second-order valence-electron chi connectivity index (χ2n) is 16.5. The van der Waals surface area contributed by atoms with Gasteiger partial charge in [-0.15, -0.1) is 11.3 Å². The van der Waals surface area contributed by atoms with Gasteiger partial charge in [-0.25, -0.2) is 10.4 Å². The molecule has 3 aromatic heterocycles. The summed E-state index contributed by atoms with van der Waals surface area (Å²) in [6.45, 7) is 9.59. The maximum absolute atomic E-state index is 14.4. The molecular weight excluding hydrogens is 743 g/mol. The van der Waals surface area contributed by atoms with Gasteiger partial charge >= 0.3 is 5.97 Å². The lowest BCUT2D eigenvalue weighted by Gasteiger charge is -2.36. The normalized spacial score (nSPS) is 21.5. The third-order valence-corrected chi connectivity index (χ3v) is 12.7. The second-order valence-corrected chi connectivity index (χ2v) is 17.5. The van der Waals surface area contributed by atoms with E-state index < -0.39 is 29.5 Å². The van der Waals surface area contributed by atoms with Gasteiger partial charge in [0.05, 0.1) is 34.8 Å². The fraction of sp³-hybridized carbons (Fsp3) is 0.535. The Bertz CT molecular complexity index is 2120. The summed E-state index contributed by atoms with van der Waals surface area (Å²) in [6.07, 6.45) is 7.73. The highest BCUT2D eigenvalue weighted by atomic mass is 32.1. The zero-order chi connectivity index (χ0) is 40.4. The SMILES string of the molecule is CCn1c(-c2cccnc2[C@H](C)OC)c2c3cc(ccc31)-c1csc(n1)C[C@H](NC(=O)C(C1CCCC1)N(C)C=O)C(=O)N1CCC[C@H](N1)C(=O)OCC(C)(C)C2. The van der Waals surface area contributed by atoms with E-state index in [1.54, 1.807) is 20.4 Å². The number of thiazole rings is 1. The molecule has 1 aromatic carbocycles. The Hall–Kier alpha value is -4.66. The number of aryl methyl sites for hydroxylation is 1. The summed E-state index contributed by atoms with van der Waals surface area (Å²) in [7, 11) is 3.31. The van der Waals surface area contributed by atoms with Crippen molar-refractivity contribution in [3.63, 3.8) is 0 Å². The number of carbonyl (C=O) groups excluding carboxylic acids is 4. The van der Waals surface area contributed by atoms with Crippen LogP contribution in [0.2, 0.25) is 0 Å². The van der Waals surface area contributed by atoms with Crippen LogP contribution in [0.5, 0.6) is 0 Å². The molecule has 1 saturated carbocycles. The van der Waals surface area contributed by atoms with Crippen LogP contribution in [0.4, 0.5) is 0 Å². The number of ether oxygens (including phenoxy) is 2. The van der Waals surface area contributed by atoms with Crippen LogP contribution < -0.4 is 10.7 Å². The predicted octanol–water partition coefficient (Wildman–Crippen LogP) is 5.85. The van der Waals surface area contributed by atoms with Gasteiger partial charge in [-0.1, -0.05) is 32.8 Å². The molecule has 0 radical (unpaired) electrons. The second kappa shape index (κ2) is 17.1. The number of hydrazine groups is 1. The minimum atomic E-state index is -0.987. The Labute approximate surface area is 338 Å². The van der Waals surface area contributed by atoms with Crippen molar-refractivity contribution in [3.05, 3.63) is 58.2 Å². The van der Waals surface area contributed by atoms with Crippen LogP contribution in [0.15, 0.2) is 41.9 Å². The number of fused-ring (bicyclic) bond motifs is 6. The molecular formula is C43H55N7O6S. The topological polar surface area (TPSA) is 148 Å². The van der Waals surface area contributed by atoms with Gasteiger partial charge < -0.3 is 24.3 Å². The largest absolute Gasteiger partial charge is 0.464 e. The van der Waals surface area contributed by atoms with Crippen molar-refractivity contribution in [2.24, 2.45) is 11.3 Å². The molecule has 6 bridgehead atoms. The highest BCUT2D eigenvalue weighted by molar-refractivity contribution is 7.10. The first-order valence-corrected chi connectivity index (χ1v) is 21.1. The number of carbonyl (C=O) groups is 4. The van der Waals surface area contributed by atoms with Crippen molar-refractivity contribution in [1.82, 2.24) is 35.2 Å². The number of cyclic esters (lactones) is 1. The summed E-state index contributed by atoms with van der Waals surface area (Å²) in [5.41, 5.74) is 9.45. The summed E-state index contributed by atoms with van der Waals surface area (Å²) >= 11 is 1.44. The van der Waals surface area contributed by atoms with Crippen LogP contribution in [0.25, 0.3) is 33.4 Å². The van der Waals surface area contributed by atoms with Gasteiger partial charge in [-0.3, -0.25) is 29.2 Å². The number of benzene rings is 1. The minimum absolute atomic E-state index is 0.00788. The van der Waals surface area contributed by atoms with E-state index in [1.807, 2.05) is 18.4 Å². The zero-order valence-corrected chi connectivity index (χ0v) is 34.7. The van der Waals surface area contributed by atoms with Crippen molar-refractivity contribution < 1.29 is 28.7 Å². The van der Waals surface area contributed by atoms with Crippen molar-refractivity contribution >= 4 is 46.4 Å². The molecule has 5 heterocycles. The first-order chi connectivity index (χ1) is 27.4. The van der Waals surface area contributed by atoms with Gasteiger partial charge in [-0.2, -0.15) is 0 Å². The molecule has 57 heavy (non-hydrogen) atoms. The van der Waals surface area contributed by atoms with Gasteiger partial charge in [0, 0.05) is 72.7 Å². The fourth-order valence-corrected chi connectivity index (χ4v) is 9.74. The third kappa shape index (κ3) is 8.35. The van der Waals surface area contributed by atoms with Crippen molar-refractivity contribution in [3.8, 4) is 22.5 Å². The highest BCUT2D eigenvalue weighted by Gasteiger charge is 2.39. The number of methoxy groups -OCH3 is 1. The molecule has 0 spiro atoms. The molecule has 2 fully saturated rings. The summed E-state index contributed by atoms with van der Waals surface area (Å²) in [4.78, 5) is 65.4. The molecule has 2 aliphatic heterocycles. The van der Waals surface area contributed by atoms with Gasteiger partial charge in [0.2, 0.25) is 12.3 Å². The first-order valence-electron chi connectivity index (χ1n) is 20.2. The lowest BCUT2D eigenvalue weighted by molar-refractivity contribution is -0.155. The fourth-order valence-electron chi connectivity index (χ4n) is 8.89. The number of hydrogen-bond donors (Lipinski definition) is 2. The lowest BCUT2D eigenvalue weighted by Crippen LogP contribution is -2.62. The summed E-state index contributed by atoms with van der Waals surface area (Å²) in [5.74, 6) is -1.15.